The van der Waals surface area contributed by atoms with Gasteiger partial charge in [-0.25, -0.2) is 8.93 Å². The van der Waals surface area contributed by atoms with E-state index in [1.165, 1.54) is 0 Å². The number of rotatable bonds is 2. The number of hydrogen-bond donors (Lipinski definition) is 1. The lowest BCUT2D eigenvalue weighted by Gasteiger charge is -2.21. The van der Waals surface area contributed by atoms with E-state index in [9.17, 15) is 4.21 Å². The van der Waals surface area contributed by atoms with Crippen molar-refractivity contribution in [3.05, 3.63) is 36.2 Å². The highest BCUT2D eigenvalue weighted by atomic mass is 32.2. The van der Waals surface area contributed by atoms with Crippen LogP contribution in [0.15, 0.2) is 24.9 Å². The summed E-state index contributed by atoms with van der Waals surface area (Å²) in [5, 5.41) is 0. The van der Waals surface area contributed by atoms with Crippen molar-refractivity contribution < 1.29 is 4.21 Å². The average Bonchev–Trinajstić information content (AvgIpc) is 2.56. The van der Waals surface area contributed by atoms with E-state index < -0.39 is 11.0 Å². The molecule has 0 unspecified atom stereocenters. The Bertz CT molecular complexity index is 477. The molecule has 1 aliphatic carbocycles. The highest BCUT2D eigenvalue weighted by molar-refractivity contribution is 7.84. The highest BCUT2D eigenvalue weighted by Crippen LogP contribution is 2.37. The van der Waals surface area contributed by atoms with Gasteiger partial charge in [0.05, 0.1) is 27.5 Å². The van der Waals surface area contributed by atoms with Crippen molar-refractivity contribution >= 4 is 16.6 Å². The molecule has 0 saturated carbocycles. The maximum atomic E-state index is 12.1. The second-order valence-corrected chi connectivity index (χ2v) is 7.30. The lowest BCUT2D eigenvalue weighted by molar-refractivity contribution is 0.610. The Balaban J connectivity index is 2.21. The first kappa shape index (κ1) is 12.5. The number of nitrogens with one attached hydrogen (secondary N) is 1. The fourth-order valence-electron chi connectivity index (χ4n) is 1.86. The summed E-state index contributed by atoms with van der Waals surface area (Å²) in [5.74, 6) is 0. The van der Waals surface area contributed by atoms with Crippen LogP contribution in [0, 0.1) is 0 Å². The van der Waals surface area contributed by atoms with Crippen LogP contribution in [-0.2, 0) is 11.0 Å². The molecular formula is C13H18N2OS. The van der Waals surface area contributed by atoms with Gasteiger partial charge in [0.1, 0.15) is 0 Å². The van der Waals surface area contributed by atoms with Gasteiger partial charge in [-0.3, -0.25) is 4.98 Å². The summed E-state index contributed by atoms with van der Waals surface area (Å²) in [7, 11) is -1.07. The smallest absolute Gasteiger partial charge is 0.0976 e. The number of pyridine rings is 1. The van der Waals surface area contributed by atoms with Crippen molar-refractivity contribution in [1.29, 1.82) is 0 Å². The fraction of sp³-hybridized carbons (Fsp3) is 0.462. The van der Waals surface area contributed by atoms with Gasteiger partial charge in [0.15, 0.2) is 0 Å². The van der Waals surface area contributed by atoms with E-state index in [1.54, 1.807) is 6.20 Å². The van der Waals surface area contributed by atoms with E-state index in [1.807, 2.05) is 32.9 Å². The van der Waals surface area contributed by atoms with Crippen LogP contribution in [0.3, 0.4) is 0 Å². The van der Waals surface area contributed by atoms with Gasteiger partial charge < -0.3 is 0 Å². The predicted octanol–water partition coefficient (Wildman–Crippen LogP) is 2.59. The molecule has 1 heterocycles. The monoisotopic (exact) mass is 250 g/mol. The van der Waals surface area contributed by atoms with Gasteiger partial charge in [-0.05, 0) is 44.4 Å². The standard InChI is InChI=1S/C13H18N2OS/c1-9-8-11(15-17(16)13(2,3)4)10-6-5-7-14-12(9)10/h5-7,11,15H,1,8H2,2-4H3/t11-,17+/m1/s1. The molecule has 0 fully saturated rings. The van der Waals surface area contributed by atoms with Crippen LogP contribution >= 0.6 is 0 Å². The summed E-state index contributed by atoms with van der Waals surface area (Å²) in [6.07, 6.45) is 2.56. The van der Waals surface area contributed by atoms with E-state index in [0.717, 1.165) is 23.3 Å². The molecule has 1 aliphatic rings. The molecule has 2 atom stereocenters. The van der Waals surface area contributed by atoms with Crippen molar-refractivity contribution in [2.24, 2.45) is 0 Å². The number of fused-ring (bicyclic) bond motifs is 1. The van der Waals surface area contributed by atoms with Crippen molar-refractivity contribution in [2.75, 3.05) is 0 Å². The normalized spacial score (nSPS) is 21.4. The van der Waals surface area contributed by atoms with Crippen LogP contribution in [0.2, 0.25) is 0 Å². The summed E-state index contributed by atoms with van der Waals surface area (Å²) in [4.78, 5) is 4.32. The molecule has 92 valence electrons. The fourth-order valence-corrected chi connectivity index (χ4v) is 2.68. The first-order chi connectivity index (χ1) is 7.89. The lowest BCUT2D eigenvalue weighted by Crippen LogP contribution is -2.35. The molecule has 3 nitrogen and oxygen atoms in total. The van der Waals surface area contributed by atoms with Gasteiger partial charge in [0.2, 0.25) is 0 Å². The molecule has 0 saturated heterocycles. The largest absolute Gasteiger partial charge is 0.256 e. The Morgan fingerprint density at radius 2 is 2.24 bits per heavy atom. The van der Waals surface area contributed by atoms with Crippen molar-refractivity contribution in [3.8, 4) is 0 Å². The Kier molecular flexibility index (Phi) is 3.19. The van der Waals surface area contributed by atoms with Crippen LogP contribution in [-0.4, -0.2) is 13.9 Å². The summed E-state index contributed by atoms with van der Waals surface area (Å²) in [5.41, 5.74) is 3.08. The third-order valence-corrected chi connectivity index (χ3v) is 4.42. The molecule has 1 aromatic rings. The minimum atomic E-state index is -1.07. The molecule has 4 heteroatoms. The van der Waals surface area contributed by atoms with Crippen LogP contribution in [0.5, 0.6) is 0 Å². The van der Waals surface area contributed by atoms with Crippen molar-refractivity contribution in [2.45, 2.75) is 38.0 Å². The number of nitrogens with zero attached hydrogens (tertiary/aromatic N) is 1. The highest BCUT2D eigenvalue weighted by Gasteiger charge is 2.30. The zero-order valence-electron chi connectivity index (χ0n) is 10.5. The Hall–Kier alpha value is -1.00. The van der Waals surface area contributed by atoms with Crippen LogP contribution in [0.1, 0.15) is 44.5 Å². The lowest BCUT2D eigenvalue weighted by atomic mass is 10.2. The van der Waals surface area contributed by atoms with Crippen LogP contribution < -0.4 is 4.72 Å². The van der Waals surface area contributed by atoms with E-state index in [-0.39, 0.29) is 10.8 Å². The summed E-state index contributed by atoms with van der Waals surface area (Å²) in [6, 6.07) is 4.01. The van der Waals surface area contributed by atoms with Crippen LogP contribution in [0.25, 0.3) is 5.57 Å². The minimum absolute atomic E-state index is 0.0752. The van der Waals surface area contributed by atoms with Gasteiger partial charge in [-0.1, -0.05) is 12.6 Å². The Morgan fingerprint density at radius 1 is 1.53 bits per heavy atom. The first-order valence-corrected chi connectivity index (χ1v) is 6.85. The van der Waals surface area contributed by atoms with Crippen molar-refractivity contribution in [1.82, 2.24) is 9.71 Å². The maximum absolute atomic E-state index is 12.1. The third-order valence-electron chi connectivity index (χ3n) is 2.81. The molecule has 0 bridgehead atoms. The number of aromatic nitrogens is 1. The molecule has 17 heavy (non-hydrogen) atoms. The zero-order valence-corrected chi connectivity index (χ0v) is 11.3. The molecule has 0 radical (unpaired) electrons. The molecule has 1 N–H and O–H groups in total. The first-order valence-electron chi connectivity index (χ1n) is 5.70. The Labute approximate surface area is 105 Å². The van der Waals surface area contributed by atoms with Gasteiger partial charge in [-0.15, -0.1) is 0 Å². The predicted molar refractivity (Wildman–Crippen MR) is 71.7 cm³/mol. The van der Waals surface area contributed by atoms with Gasteiger partial charge in [0.25, 0.3) is 0 Å². The average molecular weight is 250 g/mol. The van der Waals surface area contributed by atoms with Crippen LogP contribution in [0.4, 0.5) is 0 Å². The van der Waals surface area contributed by atoms with E-state index in [0.29, 0.717) is 0 Å². The Morgan fingerprint density at radius 3 is 2.88 bits per heavy atom. The molecule has 1 aromatic heterocycles. The van der Waals surface area contributed by atoms with E-state index >= 15 is 0 Å². The van der Waals surface area contributed by atoms with Crippen molar-refractivity contribution in [3.63, 3.8) is 0 Å². The summed E-state index contributed by atoms with van der Waals surface area (Å²) < 4.78 is 15.0. The number of hydrogen-bond acceptors (Lipinski definition) is 2. The van der Waals surface area contributed by atoms with Gasteiger partial charge >= 0.3 is 0 Å². The second kappa shape index (κ2) is 4.35. The van der Waals surface area contributed by atoms with E-state index in [4.69, 9.17) is 0 Å². The molecule has 0 aliphatic heterocycles. The SMILES string of the molecule is C=C1C[C@@H](N[S@@](=O)C(C)(C)C)c2cccnc21. The minimum Gasteiger partial charge on any atom is -0.256 e. The molecule has 0 aromatic carbocycles. The quantitative estimate of drug-likeness (QED) is 0.876. The molecule has 0 amide bonds. The van der Waals surface area contributed by atoms with E-state index in [2.05, 4.69) is 16.3 Å². The topological polar surface area (TPSA) is 42.0 Å². The maximum Gasteiger partial charge on any atom is 0.0976 e. The van der Waals surface area contributed by atoms with Gasteiger partial charge in [-0.2, -0.15) is 0 Å². The second-order valence-electron chi connectivity index (χ2n) is 5.30. The zero-order chi connectivity index (χ0) is 12.6. The summed E-state index contributed by atoms with van der Waals surface area (Å²) in [6.45, 7) is 9.90. The van der Waals surface area contributed by atoms with Gasteiger partial charge in [0, 0.05) is 6.20 Å². The summed E-state index contributed by atoms with van der Waals surface area (Å²) >= 11 is 0. The molecular weight excluding hydrogens is 232 g/mol. The molecule has 2 rings (SSSR count). The third kappa shape index (κ3) is 2.48. The molecule has 0 spiro atoms.